The van der Waals surface area contributed by atoms with Gasteiger partial charge in [0.15, 0.2) is 0 Å². The number of aromatic amines is 1. The van der Waals surface area contributed by atoms with E-state index in [-0.39, 0.29) is 18.2 Å². The second-order valence-corrected chi connectivity index (χ2v) is 6.98. The molecular weight excluding hydrogens is 357 g/mol. The van der Waals surface area contributed by atoms with Crippen molar-refractivity contribution in [3.63, 3.8) is 0 Å². The predicted octanol–water partition coefficient (Wildman–Crippen LogP) is 4.27. The summed E-state index contributed by atoms with van der Waals surface area (Å²) in [5.74, 6) is -0.608. The van der Waals surface area contributed by atoms with Crippen LogP contribution in [0.2, 0.25) is 0 Å². The first-order chi connectivity index (χ1) is 13.4. The van der Waals surface area contributed by atoms with Crippen molar-refractivity contribution in [2.45, 2.75) is 19.9 Å². The molecule has 2 aromatic carbocycles. The van der Waals surface area contributed by atoms with E-state index in [4.69, 9.17) is 0 Å². The molecule has 28 heavy (non-hydrogen) atoms. The maximum Gasteiger partial charge on any atom is 0.273 e. The van der Waals surface area contributed by atoms with Crippen molar-refractivity contribution in [2.75, 3.05) is 6.54 Å². The normalized spacial score (nSPS) is 15.8. The lowest BCUT2D eigenvalue weighted by Gasteiger charge is -2.25. The Balaban J connectivity index is 1.97. The van der Waals surface area contributed by atoms with Crippen LogP contribution < -0.4 is 0 Å². The Bertz CT molecular complexity index is 1100. The van der Waals surface area contributed by atoms with Crippen LogP contribution in [-0.4, -0.2) is 32.7 Å². The molecule has 6 heteroatoms. The number of aromatic hydroxyl groups is 1. The largest absolute Gasteiger partial charge is 0.507 e. The van der Waals surface area contributed by atoms with Crippen molar-refractivity contribution in [3.05, 3.63) is 82.8 Å². The lowest BCUT2D eigenvalue weighted by molar-refractivity contribution is 0.0763. The third-order valence-electron chi connectivity index (χ3n) is 5.26. The molecule has 2 N–H and O–H groups in total. The Kier molecular flexibility index (Phi) is 4.26. The van der Waals surface area contributed by atoms with Gasteiger partial charge in [-0.15, -0.1) is 6.58 Å². The van der Waals surface area contributed by atoms with E-state index >= 15 is 0 Å². The molecule has 0 spiro atoms. The molecule has 4 rings (SSSR count). The van der Waals surface area contributed by atoms with E-state index in [1.54, 1.807) is 35.2 Å². The summed E-state index contributed by atoms with van der Waals surface area (Å²) in [6.07, 6.45) is 1.61. The van der Waals surface area contributed by atoms with Gasteiger partial charge < -0.3 is 10.0 Å². The first kappa shape index (κ1) is 18.0. The fourth-order valence-corrected chi connectivity index (χ4v) is 3.74. The van der Waals surface area contributed by atoms with E-state index in [1.165, 1.54) is 6.07 Å². The van der Waals surface area contributed by atoms with Gasteiger partial charge in [0.25, 0.3) is 5.91 Å². The number of phenols is 1. The maximum absolute atomic E-state index is 14.7. The number of hydrogen-bond donors (Lipinski definition) is 2. The van der Waals surface area contributed by atoms with E-state index in [0.717, 1.165) is 11.1 Å². The first-order valence-corrected chi connectivity index (χ1v) is 8.99. The van der Waals surface area contributed by atoms with Gasteiger partial charge in [0.05, 0.1) is 6.04 Å². The van der Waals surface area contributed by atoms with Crippen molar-refractivity contribution >= 4 is 5.91 Å². The van der Waals surface area contributed by atoms with E-state index in [2.05, 4.69) is 16.8 Å². The van der Waals surface area contributed by atoms with Gasteiger partial charge in [0.2, 0.25) is 0 Å². The molecule has 5 nitrogen and oxygen atoms in total. The number of nitrogens with one attached hydrogen (secondary N) is 1. The zero-order valence-corrected chi connectivity index (χ0v) is 15.7. The number of phenolic OH excluding ortho intramolecular Hbond substituents is 1. The fraction of sp³-hybridized carbons (Fsp3) is 0.182. The SMILES string of the molecule is C=CCN1C(=O)c2[nH]nc(-c3cc(C)c(C)cc3O)c2C1c1ccccc1F. The van der Waals surface area contributed by atoms with Crippen LogP contribution in [0.25, 0.3) is 11.3 Å². The highest BCUT2D eigenvalue weighted by Crippen LogP contribution is 2.45. The van der Waals surface area contributed by atoms with Gasteiger partial charge in [-0.2, -0.15) is 5.10 Å². The number of halogens is 1. The number of H-pyrrole nitrogens is 1. The average Bonchev–Trinajstić information content (AvgIpc) is 3.19. The number of hydrogen-bond acceptors (Lipinski definition) is 3. The lowest BCUT2D eigenvalue weighted by atomic mass is 9.94. The number of carbonyl (C=O) groups excluding carboxylic acids is 1. The molecule has 0 saturated carbocycles. The minimum Gasteiger partial charge on any atom is -0.507 e. The van der Waals surface area contributed by atoms with Crippen LogP contribution in [0.4, 0.5) is 4.39 Å². The number of rotatable bonds is 4. The summed E-state index contributed by atoms with van der Waals surface area (Å²) in [5, 5.41) is 17.6. The summed E-state index contributed by atoms with van der Waals surface area (Å²) < 4.78 is 14.7. The molecule has 1 amide bonds. The van der Waals surface area contributed by atoms with Crippen molar-refractivity contribution in [3.8, 4) is 17.0 Å². The third-order valence-corrected chi connectivity index (χ3v) is 5.26. The number of carbonyl (C=O) groups is 1. The van der Waals surface area contributed by atoms with E-state index in [9.17, 15) is 14.3 Å². The standard InChI is InChI=1S/C22H20FN3O2/c1-4-9-26-21(14-7-5-6-8-16(14)23)18-19(24-25-20(18)22(26)28)15-10-12(2)13(3)11-17(15)27/h4-8,10-11,21,27H,1,9H2,2-3H3,(H,24,25). The first-order valence-electron chi connectivity index (χ1n) is 8.99. The zero-order valence-electron chi connectivity index (χ0n) is 15.7. The van der Waals surface area contributed by atoms with Gasteiger partial charge in [0.1, 0.15) is 23.0 Å². The van der Waals surface area contributed by atoms with E-state index in [1.807, 2.05) is 19.9 Å². The summed E-state index contributed by atoms with van der Waals surface area (Å²) in [6.45, 7) is 7.83. The third kappa shape index (κ3) is 2.60. The molecule has 0 aliphatic carbocycles. The molecule has 3 aromatic rings. The second-order valence-electron chi connectivity index (χ2n) is 6.98. The summed E-state index contributed by atoms with van der Waals surface area (Å²) in [4.78, 5) is 14.5. The van der Waals surface area contributed by atoms with Crippen molar-refractivity contribution in [1.82, 2.24) is 15.1 Å². The van der Waals surface area contributed by atoms with Gasteiger partial charge in [0, 0.05) is 23.2 Å². The molecule has 0 bridgehead atoms. The number of nitrogens with zero attached hydrogens (tertiary/aromatic N) is 2. The molecular formula is C22H20FN3O2. The van der Waals surface area contributed by atoms with Crippen LogP contribution in [0, 0.1) is 19.7 Å². The van der Waals surface area contributed by atoms with E-state index < -0.39 is 11.9 Å². The Morgan fingerprint density at radius 2 is 2.00 bits per heavy atom. The van der Waals surface area contributed by atoms with Gasteiger partial charge >= 0.3 is 0 Å². The highest BCUT2D eigenvalue weighted by molar-refractivity contribution is 6.00. The van der Waals surface area contributed by atoms with Crippen molar-refractivity contribution < 1.29 is 14.3 Å². The summed E-state index contributed by atoms with van der Waals surface area (Å²) in [7, 11) is 0. The molecule has 0 fully saturated rings. The molecule has 1 atom stereocenters. The smallest absolute Gasteiger partial charge is 0.273 e. The quantitative estimate of drug-likeness (QED) is 0.667. The van der Waals surface area contributed by atoms with Crippen LogP contribution in [-0.2, 0) is 0 Å². The molecule has 1 aliphatic rings. The second kappa shape index (κ2) is 6.64. The van der Waals surface area contributed by atoms with Gasteiger partial charge in [-0.05, 0) is 43.2 Å². The predicted molar refractivity (Wildman–Crippen MR) is 105 cm³/mol. The molecule has 0 radical (unpaired) electrons. The summed E-state index contributed by atoms with van der Waals surface area (Å²) >= 11 is 0. The van der Waals surface area contributed by atoms with Crippen LogP contribution in [0.15, 0.2) is 49.1 Å². The fourth-order valence-electron chi connectivity index (χ4n) is 3.74. The molecule has 2 heterocycles. The van der Waals surface area contributed by atoms with E-state index in [0.29, 0.717) is 28.1 Å². The molecule has 1 unspecified atom stereocenters. The molecule has 0 saturated heterocycles. The van der Waals surface area contributed by atoms with Crippen LogP contribution in [0.3, 0.4) is 0 Å². The number of benzene rings is 2. The monoisotopic (exact) mass is 377 g/mol. The Hall–Kier alpha value is -3.41. The summed E-state index contributed by atoms with van der Waals surface area (Å²) in [6, 6.07) is 9.23. The summed E-state index contributed by atoms with van der Waals surface area (Å²) in [5.41, 5.74) is 4.14. The van der Waals surface area contributed by atoms with Crippen LogP contribution >= 0.6 is 0 Å². The number of fused-ring (bicyclic) bond motifs is 1. The number of aryl methyl sites for hydroxylation is 2. The van der Waals surface area contributed by atoms with Gasteiger partial charge in [-0.3, -0.25) is 9.89 Å². The zero-order chi connectivity index (χ0) is 20.0. The maximum atomic E-state index is 14.7. The van der Waals surface area contributed by atoms with Crippen LogP contribution in [0.1, 0.15) is 38.8 Å². The molecule has 142 valence electrons. The van der Waals surface area contributed by atoms with Gasteiger partial charge in [-0.25, -0.2) is 4.39 Å². The Labute approximate surface area is 162 Å². The number of amides is 1. The highest BCUT2D eigenvalue weighted by atomic mass is 19.1. The van der Waals surface area contributed by atoms with Crippen molar-refractivity contribution in [1.29, 1.82) is 0 Å². The minimum atomic E-state index is -0.656. The Morgan fingerprint density at radius 3 is 2.71 bits per heavy atom. The van der Waals surface area contributed by atoms with Crippen molar-refractivity contribution in [2.24, 2.45) is 0 Å². The molecule has 1 aromatic heterocycles. The average molecular weight is 377 g/mol. The van der Waals surface area contributed by atoms with Crippen LogP contribution in [0.5, 0.6) is 5.75 Å². The lowest BCUT2D eigenvalue weighted by Crippen LogP contribution is -2.30. The topological polar surface area (TPSA) is 69.2 Å². The molecule has 1 aliphatic heterocycles. The minimum absolute atomic E-state index is 0.0688. The Morgan fingerprint density at radius 1 is 1.29 bits per heavy atom. The highest BCUT2D eigenvalue weighted by Gasteiger charge is 2.42. The van der Waals surface area contributed by atoms with Gasteiger partial charge in [-0.1, -0.05) is 24.3 Å². The number of aromatic nitrogens is 2.